The lowest BCUT2D eigenvalue weighted by molar-refractivity contribution is 0.530. The maximum atomic E-state index is 5.96. The summed E-state index contributed by atoms with van der Waals surface area (Å²) in [4.78, 5) is 4.57. The molecule has 0 amide bonds. The SMILES string of the molecule is CCC(C)n1c(CCl)nc2ccc(C)cc21. The van der Waals surface area contributed by atoms with Crippen LogP contribution in [0.5, 0.6) is 0 Å². The van der Waals surface area contributed by atoms with Gasteiger partial charge in [0.05, 0.1) is 16.9 Å². The normalized spacial score (nSPS) is 13.2. The second-order valence-electron chi connectivity index (χ2n) is 4.28. The number of hydrogen-bond donors (Lipinski definition) is 0. The summed E-state index contributed by atoms with van der Waals surface area (Å²) in [7, 11) is 0. The van der Waals surface area contributed by atoms with Gasteiger partial charge >= 0.3 is 0 Å². The average Bonchev–Trinajstić information content (AvgIpc) is 2.65. The lowest BCUT2D eigenvalue weighted by atomic mass is 10.2. The van der Waals surface area contributed by atoms with Crippen LogP contribution in [0.1, 0.15) is 37.7 Å². The molecule has 0 saturated heterocycles. The lowest BCUT2D eigenvalue weighted by Gasteiger charge is -2.14. The molecular formula is C13H17ClN2. The molecule has 0 N–H and O–H groups in total. The van der Waals surface area contributed by atoms with Crippen LogP contribution in [0.3, 0.4) is 0 Å². The van der Waals surface area contributed by atoms with Crippen molar-refractivity contribution in [3.8, 4) is 0 Å². The Morgan fingerprint density at radius 3 is 2.81 bits per heavy atom. The van der Waals surface area contributed by atoms with Crippen LogP contribution < -0.4 is 0 Å². The van der Waals surface area contributed by atoms with E-state index in [0.717, 1.165) is 17.8 Å². The topological polar surface area (TPSA) is 17.8 Å². The van der Waals surface area contributed by atoms with Crippen molar-refractivity contribution in [2.45, 2.75) is 39.1 Å². The molecule has 2 aromatic rings. The molecule has 0 spiro atoms. The Bertz CT molecular complexity index is 502. The summed E-state index contributed by atoms with van der Waals surface area (Å²) in [6.45, 7) is 6.50. The van der Waals surface area contributed by atoms with Crippen molar-refractivity contribution in [3.05, 3.63) is 29.6 Å². The van der Waals surface area contributed by atoms with E-state index < -0.39 is 0 Å². The maximum absolute atomic E-state index is 5.96. The first-order valence-corrected chi connectivity index (χ1v) is 6.24. The van der Waals surface area contributed by atoms with Crippen molar-refractivity contribution in [3.63, 3.8) is 0 Å². The van der Waals surface area contributed by atoms with E-state index >= 15 is 0 Å². The molecule has 86 valence electrons. The van der Waals surface area contributed by atoms with Crippen LogP contribution in [0.4, 0.5) is 0 Å². The summed E-state index contributed by atoms with van der Waals surface area (Å²) < 4.78 is 2.26. The molecule has 16 heavy (non-hydrogen) atoms. The van der Waals surface area contributed by atoms with Gasteiger partial charge in [0.25, 0.3) is 0 Å². The van der Waals surface area contributed by atoms with E-state index in [0.29, 0.717) is 11.9 Å². The Morgan fingerprint density at radius 2 is 2.19 bits per heavy atom. The molecule has 0 radical (unpaired) electrons. The summed E-state index contributed by atoms with van der Waals surface area (Å²) in [5.74, 6) is 1.44. The van der Waals surface area contributed by atoms with Crippen molar-refractivity contribution >= 4 is 22.6 Å². The average molecular weight is 237 g/mol. The molecule has 1 aromatic heterocycles. The van der Waals surface area contributed by atoms with Crippen molar-refractivity contribution in [1.82, 2.24) is 9.55 Å². The lowest BCUT2D eigenvalue weighted by Crippen LogP contribution is -2.07. The van der Waals surface area contributed by atoms with Gasteiger partial charge in [0.1, 0.15) is 5.82 Å². The first-order chi connectivity index (χ1) is 7.67. The molecule has 2 nitrogen and oxygen atoms in total. The summed E-state index contributed by atoms with van der Waals surface area (Å²) in [6.07, 6.45) is 1.09. The Morgan fingerprint density at radius 1 is 1.44 bits per heavy atom. The van der Waals surface area contributed by atoms with Gasteiger partial charge in [-0.3, -0.25) is 0 Å². The van der Waals surface area contributed by atoms with Crippen LogP contribution in [0.2, 0.25) is 0 Å². The molecular weight excluding hydrogens is 220 g/mol. The minimum Gasteiger partial charge on any atom is -0.324 e. The van der Waals surface area contributed by atoms with E-state index in [1.807, 2.05) is 0 Å². The first kappa shape index (κ1) is 11.5. The Kier molecular flexibility index (Phi) is 3.20. The number of halogens is 1. The predicted octanol–water partition coefficient (Wildman–Crippen LogP) is 4.05. The zero-order chi connectivity index (χ0) is 11.7. The molecule has 3 heteroatoms. The van der Waals surface area contributed by atoms with Crippen molar-refractivity contribution in [2.24, 2.45) is 0 Å². The first-order valence-electron chi connectivity index (χ1n) is 5.70. The molecule has 0 aliphatic rings. The second-order valence-corrected chi connectivity index (χ2v) is 4.55. The smallest absolute Gasteiger partial charge is 0.125 e. The van der Waals surface area contributed by atoms with Crippen LogP contribution >= 0.6 is 11.6 Å². The molecule has 1 atom stereocenters. The molecule has 1 heterocycles. The number of nitrogens with zero attached hydrogens (tertiary/aromatic N) is 2. The Labute approximate surface area is 101 Å². The molecule has 2 rings (SSSR count). The number of alkyl halides is 1. The monoisotopic (exact) mass is 236 g/mol. The van der Waals surface area contributed by atoms with Gasteiger partial charge in [-0.2, -0.15) is 0 Å². The van der Waals surface area contributed by atoms with Gasteiger partial charge in [0, 0.05) is 6.04 Å². The van der Waals surface area contributed by atoms with Crippen LogP contribution in [-0.4, -0.2) is 9.55 Å². The zero-order valence-corrected chi connectivity index (χ0v) is 10.8. The van der Waals surface area contributed by atoms with E-state index in [1.54, 1.807) is 0 Å². The van der Waals surface area contributed by atoms with E-state index in [2.05, 4.69) is 48.5 Å². The van der Waals surface area contributed by atoms with Crippen LogP contribution in [0.25, 0.3) is 11.0 Å². The third kappa shape index (κ3) is 1.82. The predicted molar refractivity (Wildman–Crippen MR) is 69.0 cm³/mol. The van der Waals surface area contributed by atoms with Crippen LogP contribution in [0.15, 0.2) is 18.2 Å². The summed E-state index contributed by atoms with van der Waals surface area (Å²) >= 11 is 5.96. The molecule has 0 saturated carbocycles. The van der Waals surface area contributed by atoms with Crippen molar-refractivity contribution in [1.29, 1.82) is 0 Å². The fraction of sp³-hybridized carbons (Fsp3) is 0.462. The van der Waals surface area contributed by atoms with Gasteiger partial charge in [-0.05, 0) is 38.0 Å². The quantitative estimate of drug-likeness (QED) is 0.735. The third-order valence-corrected chi connectivity index (χ3v) is 3.31. The number of hydrogen-bond acceptors (Lipinski definition) is 1. The van der Waals surface area contributed by atoms with Gasteiger partial charge < -0.3 is 4.57 Å². The largest absolute Gasteiger partial charge is 0.324 e. The van der Waals surface area contributed by atoms with Crippen molar-refractivity contribution < 1.29 is 0 Å². The minimum atomic E-state index is 0.445. The van der Waals surface area contributed by atoms with Gasteiger partial charge in [-0.25, -0.2) is 4.98 Å². The van der Waals surface area contributed by atoms with Crippen molar-refractivity contribution in [2.75, 3.05) is 0 Å². The van der Waals surface area contributed by atoms with E-state index in [4.69, 9.17) is 11.6 Å². The molecule has 0 bridgehead atoms. The highest BCUT2D eigenvalue weighted by atomic mass is 35.5. The van der Waals surface area contributed by atoms with Gasteiger partial charge in [0.15, 0.2) is 0 Å². The molecule has 0 fully saturated rings. The standard InChI is InChI=1S/C13H17ClN2/c1-4-10(3)16-12-7-9(2)5-6-11(12)15-13(16)8-14/h5-7,10H,4,8H2,1-3H3. The fourth-order valence-corrected chi connectivity index (χ4v) is 2.21. The summed E-state index contributed by atoms with van der Waals surface area (Å²) in [5, 5.41) is 0. The van der Waals surface area contributed by atoms with Crippen LogP contribution in [0, 0.1) is 6.92 Å². The summed E-state index contributed by atoms with van der Waals surface area (Å²) in [6, 6.07) is 6.79. The number of aromatic nitrogens is 2. The minimum absolute atomic E-state index is 0.445. The van der Waals surface area contributed by atoms with Gasteiger partial charge in [-0.1, -0.05) is 13.0 Å². The highest BCUT2D eigenvalue weighted by Crippen LogP contribution is 2.24. The van der Waals surface area contributed by atoms with E-state index in [-0.39, 0.29) is 0 Å². The van der Waals surface area contributed by atoms with Gasteiger partial charge in [-0.15, -0.1) is 11.6 Å². The molecule has 1 aromatic carbocycles. The Balaban J connectivity index is 2.70. The second kappa shape index (κ2) is 4.46. The number of benzene rings is 1. The molecule has 1 unspecified atom stereocenters. The molecule has 0 aliphatic carbocycles. The zero-order valence-electron chi connectivity index (χ0n) is 10.00. The number of fused-ring (bicyclic) bond motifs is 1. The van der Waals surface area contributed by atoms with Gasteiger partial charge in [0.2, 0.25) is 0 Å². The van der Waals surface area contributed by atoms with E-state index in [1.165, 1.54) is 11.1 Å². The third-order valence-electron chi connectivity index (χ3n) is 3.07. The Hall–Kier alpha value is -1.02. The fourth-order valence-electron chi connectivity index (χ4n) is 2.02. The summed E-state index contributed by atoms with van der Waals surface area (Å²) in [5.41, 5.74) is 3.50. The maximum Gasteiger partial charge on any atom is 0.125 e. The molecule has 0 aliphatic heterocycles. The number of aryl methyl sites for hydroxylation is 1. The highest BCUT2D eigenvalue weighted by Gasteiger charge is 2.13. The van der Waals surface area contributed by atoms with E-state index in [9.17, 15) is 0 Å². The number of imidazole rings is 1. The highest BCUT2D eigenvalue weighted by molar-refractivity contribution is 6.16. The van der Waals surface area contributed by atoms with Crippen LogP contribution in [-0.2, 0) is 5.88 Å². The number of rotatable bonds is 3.